The Bertz CT molecular complexity index is 203. The predicted octanol–water partition coefficient (Wildman–Crippen LogP) is 1.85. The van der Waals surface area contributed by atoms with Gasteiger partial charge in [0.1, 0.15) is 0 Å². The molecule has 0 aliphatic carbocycles. The summed E-state index contributed by atoms with van der Waals surface area (Å²) in [6, 6.07) is 10.4. The molecule has 3 heteroatoms. The van der Waals surface area contributed by atoms with Crippen molar-refractivity contribution in [1.82, 2.24) is 0 Å². The minimum atomic E-state index is -0.748. The molecule has 0 unspecified atom stereocenters. The summed E-state index contributed by atoms with van der Waals surface area (Å²) < 4.78 is 5.52. The second-order valence-electron chi connectivity index (χ2n) is 2.07. The molecule has 0 amide bonds. The molecule has 1 aromatic rings. The van der Waals surface area contributed by atoms with Crippen molar-refractivity contribution in [2.45, 2.75) is 6.92 Å². The lowest BCUT2D eigenvalue weighted by Gasteiger charge is -2.05. The first-order chi connectivity index (χ1) is 5.34. The molecule has 0 spiro atoms. The molecule has 1 aromatic carbocycles. The zero-order valence-electron chi connectivity index (χ0n) is 6.38. The third kappa shape index (κ3) is 2.92. The van der Waals surface area contributed by atoms with Crippen LogP contribution in [-0.4, -0.2) is 13.1 Å². The molecule has 0 aromatic heterocycles. The van der Waals surface area contributed by atoms with Crippen LogP contribution < -0.4 is 5.19 Å². The van der Waals surface area contributed by atoms with E-state index in [1.807, 2.05) is 13.0 Å². The Balaban J connectivity index is 2.61. The highest BCUT2D eigenvalue weighted by atomic mass is 127. The lowest BCUT2D eigenvalue weighted by molar-refractivity contribution is 0.365. The summed E-state index contributed by atoms with van der Waals surface area (Å²) in [7, 11) is 0. The van der Waals surface area contributed by atoms with Crippen LogP contribution >= 0.6 is 21.8 Å². The van der Waals surface area contributed by atoms with Crippen molar-refractivity contribution >= 4 is 33.5 Å². The van der Waals surface area contributed by atoms with Gasteiger partial charge in [0, 0.05) is 6.61 Å². The van der Waals surface area contributed by atoms with Crippen LogP contribution in [0.15, 0.2) is 30.3 Å². The number of hydrogen-bond acceptors (Lipinski definition) is 1. The zero-order chi connectivity index (χ0) is 8.10. The lowest BCUT2D eigenvalue weighted by atomic mass is 10.4. The molecule has 11 heavy (non-hydrogen) atoms. The van der Waals surface area contributed by atoms with Gasteiger partial charge < -0.3 is 4.43 Å². The molecular formula is C8H10IOSi. The molecule has 0 saturated carbocycles. The first kappa shape index (κ1) is 9.22. The predicted molar refractivity (Wildman–Crippen MR) is 57.5 cm³/mol. The van der Waals surface area contributed by atoms with E-state index in [0.717, 1.165) is 6.61 Å². The van der Waals surface area contributed by atoms with E-state index in [0.29, 0.717) is 0 Å². The Morgan fingerprint density at radius 3 is 2.55 bits per heavy atom. The van der Waals surface area contributed by atoms with Gasteiger partial charge in [-0.2, -0.15) is 0 Å². The minimum absolute atomic E-state index is 0.748. The summed E-state index contributed by atoms with van der Waals surface area (Å²) in [6.07, 6.45) is 0. The first-order valence-electron chi connectivity index (χ1n) is 3.55. The molecule has 1 radical (unpaired) electrons. The fourth-order valence-corrected chi connectivity index (χ4v) is 3.67. The summed E-state index contributed by atoms with van der Waals surface area (Å²) in [5, 5.41) is 1.33. The Hall–Kier alpha value is 0.127. The highest BCUT2D eigenvalue weighted by Crippen LogP contribution is 1.97. The monoisotopic (exact) mass is 277 g/mol. The van der Waals surface area contributed by atoms with Crippen LogP contribution in [0.3, 0.4) is 0 Å². The van der Waals surface area contributed by atoms with Crippen molar-refractivity contribution in [3.63, 3.8) is 0 Å². The summed E-state index contributed by atoms with van der Waals surface area (Å²) in [4.78, 5) is 0. The van der Waals surface area contributed by atoms with E-state index in [4.69, 9.17) is 4.43 Å². The van der Waals surface area contributed by atoms with Gasteiger partial charge in [-0.3, -0.25) is 0 Å². The summed E-state index contributed by atoms with van der Waals surface area (Å²) in [5.41, 5.74) is 0. The summed E-state index contributed by atoms with van der Waals surface area (Å²) in [5.74, 6) is 0. The normalized spacial score (nSPS) is 10.5. The maximum atomic E-state index is 5.52. The van der Waals surface area contributed by atoms with Gasteiger partial charge in [-0.15, -0.1) is 0 Å². The van der Waals surface area contributed by atoms with Gasteiger partial charge in [-0.1, -0.05) is 52.1 Å². The molecule has 1 rings (SSSR count). The maximum absolute atomic E-state index is 5.52. The van der Waals surface area contributed by atoms with E-state index in [2.05, 4.69) is 46.1 Å². The van der Waals surface area contributed by atoms with Crippen LogP contribution in [0.1, 0.15) is 6.92 Å². The molecule has 1 nitrogen and oxygen atoms in total. The van der Waals surface area contributed by atoms with E-state index in [-0.39, 0.29) is 0 Å². The molecule has 0 N–H and O–H groups in total. The minimum Gasteiger partial charge on any atom is -0.404 e. The number of benzene rings is 1. The van der Waals surface area contributed by atoms with Crippen molar-refractivity contribution in [2.24, 2.45) is 0 Å². The SMILES string of the molecule is CCO[Si](I)c1ccccc1. The van der Waals surface area contributed by atoms with E-state index in [1.54, 1.807) is 0 Å². The number of halogens is 1. The van der Waals surface area contributed by atoms with Gasteiger partial charge in [0.05, 0.1) is 0 Å². The fourth-order valence-electron chi connectivity index (χ4n) is 0.779. The average molecular weight is 277 g/mol. The van der Waals surface area contributed by atoms with E-state index < -0.39 is 6.54 Å². The van der Waals surface area contributed by atoms with Gasteiger partial charge in [-0.25, -0.2) is 0 Å². The van der Waals surface area contributed by atoms with Gasteiger partial charge in [0.15, 0.2) is 0 Å². The largest absolute Gasteiger partial charge is 0.404 e. The van der Waals surface area contributed by atoms with Crippen molar-refractivity contribution in [3.05, 3.63) is 30.3 Å². The molecule has 0 saturated heterocycles. The van der Waals surface area contributed by atoms with Crippen LogP contribution in [0.4, 0.5) is 0 Å². The second kappa shape index (κ2) is 4.90. The molecule has 0 heterocycles. The molecule has 59 valence electrons. The van der Waals surface area contributed by atoms with Gasteiger partial charge in [0.25, 0.3) is 0 Å². The molecule has 0 fully saturated rings. The average Bonchev–Trinajstić information content (AvgIpc) is 2.07. The number of hydrogen-bond donors (Lipinski definition) is 0. The highest BCUT2D eigenvalue weighted by Gasteiger charge is 2.09. The first-order valence-corrected chi connectivity index (χ1v) is 8.07. The van der Waals surface area contributed by atoms with Crippen molar-refractivity contribution in [3.8, 4) is 0 Å². The smallest absolute Gasteiger partial charge is 0.323 e. The van der Waals surface area contributed by atoms with Gasteiger partial charge in [0.2, 0.25) is 0 Å². The van der Waals surface area contributed by atoms with E-state index in [9.17, 15) is 0 Å². The van der Waals surface area contributed by atoms with Crippen LogP contribution in [-0.2, 0) is 4.43 Å². The molecule has 0 atom stereocenters. The summed E-state index contributed by atoms with van der Waals surface area (Å²) in [6.45, 7) is 2.10. The molecule has 0 aliphatic rings. The van der Waals surface area contributed by atoms with E-state index >= 15 is 0 Å². The lowest BCUT2D eigenvalue weighted by Crippen LogP contribution is -2.26. The molecule has 0 aliphatic heterocycles. The van der Waals surface area contributed by atoms with Crippen molar-refractivity contribution in [2.75, 3.05) is 6.61 Å². The second-order valence-corrected chi connectivity index (χ2v) is 6.43. The van der Waals surface area contributed by atoms with Crippen LogP contribution in [0.5, 0.6) is 0 Å². The van der Waals surface area contributed by atoms with Gasteiger partial charge in [-0.05, 0) is 12.1 Å². The quantitative estimate of drug-likeness (QED) is 0.465. The van der Waals surface area contributed by atoms with Crippen molar-refractivity contribution < 1.29 is 4.43 Å². The topological polar surface area (TPSA) is 9.23 Å². The Labute approximate surface area is 81.7 Å². The Morgan fingerprint density at radius 2 is 2.00 bits per heavy atom. The van der Waals surface area contributed by atoms with Gasteiger partial charge >= 0.3 is 6.54 Å². The third-order valence-electron chi connectivity index (χ3n) is 1.27. The third-order valence-corrected chi connectivity index (χ3v) is 5.40. The fraction of sp³-hybridized carbons (Fsp3) is 0.250. The standard InChI is InChI=1S/C8H10IOSi/c1-2-10-11(9)8-6-4-3-5-7-8/h3-7H,2H2,1H3. The molecule has 0 bridgehead atoms. The number of rotatable bonds is 3. The highest BCUT2D eigenvalue weighted by molar-refractivity contribution is 14.1. The zero-order valence-corrected chi connectivity index (χ0v) is 9.54. The van der Waals surface area contributed by atoms with Crippen LogP contribution in [0.2, 0.25) is 0 Å². The Kier molecular flexibility index (Phi) is 4.10. The maximum Gasteiger partial charge on any atom is 0.323 e. The van der Waals surface area contributed by atoms with Crippen LogP contribution in [0.25, 0.3) is 0 Å². The van der Waals surface area contributed by atoms with Crippen LogP contribution in [0, 0.1) is 0 Å². The Morgan fingerprint density at radius 1 is 1.36 bits per heavy atom. The molecular weight excluding hydrogens is 267 g/mol. The summed E-state index contributed by atoms with van der Waals surface area (Å²) >= 11 is 2.39. The van der Waals surface area contributed by atoms with E-state index in [1.165, 1.54) is 5.19 Å². The van der Waals surface area contributed by atoms with Crippen molar-refractivity contribution in [1.29, 1.82) is 0 Å².